The average molecular weight is 240 g/mol. The van der Waals surface area contributed by atoms with Crippen LogP contribution in [0.25, 0.3) is 0 Å². The fraction of sp³-hybridized carbons (Fsp3) is 0.200. The molecule has 2 rings (SSSR count). The largest absolute Gasteiger partial charge is 0.324 e. The number of carbonyl (C=O) groups excluding carboxylic acids is 1. The molecule has 92 valence electrons. The maximum Gasteiger partial charge on any atom is 0.228 e. The third-order valence-electron chi connectivity index (χ3n) is 2.64. The van der Waals surface area contributed by atoms with Crippen LogP contribution in [-0.2, 0) is 11.2 Å². The molecule has 3 nitrogen and oxygen atoms in total. The lowest BCUT2D eigenvalue weighted by Gasteiger charge is -2.05. The molecule has 0 saturated heterocycles. The van der Waals surface area contributed by atoms with E-state index in [1.165, 1.54) is 0 Å². The lowest BCUT2D eigenvalue weighted by atomic mass is 10.1. The third-order valence-corrected chi connectivity index (χ3v) is 2.64. The number of aromatic nitrogens is 1. The molecule has 0 radical (unpaired) electrons. The molecule has 0 fully saturated rings. The molecule has 0 spiro atoms. The predicted octanol–water partition coefficient (Wildman–Crippen LogP) is 2.88. The summed E-state index contributed by atoms with van der Waals surface area (Å²) in [6.07, 6.45) is 2.05. The smallest absolute Gasteiger partial charge is 0.228 e. The first-order valence-corrected chi connectivity index (χ1v) is 5.91. The lowest BCUT2D eigenvalue weighted by Crippen LogP contribution is -2.14. The van der Waals surface area contributed by atoms with Crippen molar-refractivity contribution in [2.45, 2.75) is 20.3 Å². The Bertz CT molecular complexity index is 547. The van der Waals surface area contributed by atoms with Gasteiger partial charge in [-0.2, -0.15) is 0 Å². The Morgan fingerprint density at radius 3 is 2.72 bits per heavy atom. The molecule has 0 unspecified atom stereocenters. The zero-order valence-corrected chi connectivity index (χ0v) is 10.6. The summed E-state index contributed by atoms with van der Waals surface area (Å²) in [5.74, 6) is -0.0220. The van der Waals surface area contributed by atoms with Crippen LogP contribution in [0.1, 0.15) is 16.8 Å². The first kappa shape index (κ1) is 12.3. The van der Waals surface area contributed by atoms with Crippen molar-refractivity contribution < 1.29 is 4.79 Å². The first-order chi connectivity index (χ1) is 8.63. The maximum atomic E-state index is 11.8. The number of amides is 1. The summed E-state index contributed by atoms with van der Waals surface area (Å²) in [5.41, 5.74) is 3.86. The van der Waals surface area contributed by atoms with Crippen LogP contribution in [0, 0.1) is 13.8 Å². The fourth-order valence-corrected chi connectivity index (χ4v) is 1.75. The number of carbonyl (C=O) groups is 1. The van der Waals surface area contributed by atoms with Gasteiger partial charge >= 0.3 is 0 Å². The Balaban J connectivity index is 1.98. The molecule has 0 bridgehead atoms. The van der Waals surface area contributed by atoms with E-state index in [1.807, 2.05) is 50.2 Å². The van der Waals surface area contributed by atoms with Crippen molar-refractivity contribution >= 4 is 11.6 Å². The number of anilines is 1. The van der Waals surface area contributed by atoms with Gasteiger partial charge in [0.15, 0.2) is 0 Å². The van der Waals surface area contributed by atoms with E-state index in [0.717, 1.165) is 22.5 Å². The summed E-state index contributed by atoms with van der Waals surface area (Å²) in [5, 5.41) is 2.84. The minimum atomic E-state index is -0.0220. The number of hydrogen-bond acceptors (Lipinski definition) is 2. The van der Waals surface area contributed by atoms with Crippen LogP contribution in [-0.4, -0.2) is 10.9 Å². The second-order valence-electron chi connectivity index (χ2n) is 4.40. The van der Waals surface area contributed by atoms with Gasteiger partial charge in [-0.05, 0) is 31.5 Å². The molecule has 1 amide bonds. The van der Waals surface area contributed by atoms with Gasteiger partial charge in [0.1, 0.15) is 0 Å². The van der Waals surface area contributed by atoms with Crippen LogP contribution in [0.5, 0.6) is 0 Å². The summed E-state index contributed by atoms with van der Waals surface area (Å²) < 4.78 is 0. The van der Waals surface area contributed by atoms with E-state index in [2.05, 4.69) is 10.3 Å². The van der Waals surface area contributed by atoms with Gasteiger partial charge in [0.25, 0.3) is 0 Å². The lowest BCUT2D eigenvalue weighted by molar-refractivity contribution is -0.115. The van der Waals surface area contributed by atoms with Gasteiger partial charge in [0.05, 0.1) is 18.3 Å². The second-order valence-corrected chi connectivity index (χ2v) is 4.40. The van der Waals surface area contributed by atoms with Gasteiger partial charge in [-0.3, -0.25) is 9.78 Å². The topological polar surface area (TPSA) is 42.0 Å². The molecule has 1 heterocycles. The van der Waals surface area contributed by atoms with Gasteiger partial charge in [-0.25, -0.2) is 0 Å². The van der Waals surface area contributed by atoms with Crippen molar-refractivity contribution in [1.82, 2.24) is 4.98 Å². The maximum absolute atomic E-state index is 11.8. The highest BCUT2D eigenvalue weighted by molar-refractivity contribution is 5.92. The number of hydrogen-bond donors (Lipinski definition) is 1. The van der Waals surface area contributed by atoms with E-state index in [1.54, 1.807) is 6.20 Å². The Kier molecular flexibility index (Phi) is 3.72. The van der Waals surface area contributed by atoms with Crippen LogP contribution < -0.4 is 5.32 Å². The van der Waals surface area contributed by atoms with E-state index in [4.69, 9.17) is 0 Å². The van der Waals surface area contributed by atoms with E-state index in [9.17, 15) is 4.79 Å². The fourth-order valence-electron chi connectivity index (χ4n) is 1.75. The van der Waals surface area contributed by atoms with E-state index in [-0.39, 0.29) is 5.91 Å². The van der Waals surface area contributed by atoms with Crippen LogP contribution in [0.2, 0.25) is 0 Å². The molecule has 0 atom stereocenters. The molecule has 2 aromatic rings. The Hall–Kier alpha value is -2.16. The average Bonchev–Trinajstić information content (AvgIpc) is 2.32. The van der Waals surface area contributed by atoms with Crippen molar-refractivity contribution in [2.75, 3.05) is 5.32 Å². The zero-order valence-electron chi connectivity index (χ0n) is 10.6. The van der Waals surface area contributed by atoms with Gasteiger partial charge in [-0.15, -0.1) is 0 Å². The van der Waals surface area contributed by atoms with Crippen LogP contribution >= 0.6 is 0 Å². The van der Waals surface area contributed by atoms with Crippen molar-refractivity contribution in [3.05, 3.63) is 59.4 Å². The molecular formula is C15H16N2O. The van der Waals surface area contributed by atoms with Crippen molar-refractivity contribution in [3.8, 4) is 0 Å². The SMILES string of the molecule is Cc1cccc(CC(=O)Nc2ccc(C)nc2)c1. The highest BCUT2D eigenvalue weighted by Gasteiger charge is 2.04. The van der Waals surface area contributed by atoms with Gasteiger partial charge in [0, 0.05) is 5.69 Å². The minimum Gasteiger partial charge on any atom is -0.324 e. The standard InChI is InChI=1S/C15H16N2O/c1-11-4-3-5-13(8-11)9-15(18)17-14-7-6-12(2)16-10-14/h3-8,10H,9H2,1-2H3,(H,17,18). The number of rotatable bonds is 3. The molecule has 18 heavy (non-hydrogen) atoms. The molecule has 0 saturated carbocycles. The Morgan fingerprint density at radius 2 is 2.06 bits per heavy atom. The van der Waals surface area contributed by atoms with Crippen LogP contribution in [0.4, 0.5) is 5.69 Å². The van der Waals surface area contributed by atoms with E-state index < -0.39 is 0 Å². The third kappa shape index (κ3) is 3.42. The number of nitrogens with one attached hydrogen (secondary N) is 1. The van der Waals surface area contributed by atoms with Gasteiger partial charge < -0.3 is 5.32 Å². The van der Waals surface area contributed by atoms with Crippen LogP contribution in [0.3, 0.4) is 0 Å². The molecular weight excluding hydrogens is 224 g/mol. The summed E-state index contributed by atoms with van der Waals surface area (Å²) in [6.45, 7) is 3.93. The molecule has 1 aromatic heterocycles. The summed E-state index contributed by atoms with van der Waals surface area (Å²) in [4.78, 5) is 16.0. The molecule has 0 aliphatic carbocycles. The molecule has 0 aliphatic heterocycles. The summed E-state index contributed by atoms with van der Waals surface area (Å²) in [6, 6.07) is 11.7. The number of pyridine rings is 1. The van der Waals surface area contributed by atoms with E-state index >= 15 is 0 Å². The van der Waals surface area contributed by atoms with Crippen molar-refractivity contribution in [2.24, 2.45) is 0 Å². The van der Waals surface area contributed by atoms with Crippen molar-refractivity contribution in [3.63, 3.8) is 0 Å². The summed E-state index contributed by atoms with van der Waals surface area (Å²) >= 11 is 0. The van der Waals surface area contributed by atoms with Gasteiger partial charge in [0.2, 0.25) is 5.91 Å². The number of aryl methyl sites for hydroxylation is 2. The first-order valence-electron chi connectivity index (χ1n) is 5.91. The molecule has 3 heteroatoms. The quantitative estimate of drug-likeness (QED) is 0.896. The monoisotopic (exact) mass is 240 g/mol. The number of nitrogens with zero attached hydrogens (tertiary/aromatic N) is 1. The second kappa shape index (κ2) is 5.45. The van der Waals surface area contributed by atoms with Gasteiger partial charge in [-0.1, -0.05) is 29.8 Å². The zero-order chi connectivity index (χ0) is 13.0. The highest BCUT2D eigenvalue weighted by atomic mass is 16.1. The normalized spacial score (nSPS) is 10.1. The summed E-state index contributed by atoms with van der Waals surface area (Å²) in [7, 11) is 0. The van der Waals surface area contributed by atoms with Crippen molar-refractivity contribution in [1.29, 1.82) is 0 Å². The van der Waals surface area contributed by atoms with Crippen LogP contribution in [0.15, 0.2) is 42.6 Å². The molecule has 0 aliphatic rings. The predicted molar refractivity (Wildman–Crippen MR) is 72.5 cm³/mol. The molecule has 1 aromatic carbocycles. The minimum absolute atomic E-state index is 0.0220. The Morgan fingerprint density at radius 1 is 1.22 bits per heavy atom. The highest BCUT2D eigenvalue weighted by Crippen LogP contribution is 2.08. The van der Waals surface area contributed by atoms with E-state index in [0.29, 0.717) is 6.42 Å². The molecule has 1 N–H and O–H groups in total. The Labute approximate surface area is 107 Å². The number of benzene rings is 1.